The molecule has 154 valence electrons. The van der Waals surface area contributed by atoms with Crippen LogP contribution in [0.15, 0.2) is 69.7 Å². The lowest BCUT2D eigenvalue weighted by molar-refractivity contribution is -0.140. The van der Waals surface area contributed by atoms with Crippen LogP contribution in [0.5, 0.6) is 11.5 Å². The molecule has 0 amide bonds. The van der Waals surface area contributed by atoms with E-state index in [9.17, 15) is 9.90 Å². The van der Waals surface area contributed by atoms with Crippen LogP contribution >= 0.6 is 31.9 Å². The molecule has 1 aromatic heterocycles. The van der Waals surface area contributed by atoms with E-state index in [1.54, 1.807) is 17.7 Å². The Labute approximate surface area is 190 Å². The quantitative estimate of drug-likeness (QED) is 0.279. The largest absolute Gasteiger partial charge is 0.490 e. The highest BCUT2D eigenvalue weighted by molar-refractivity contribution is 9.11. The van der Waals surface area contributed by atoms with Crippen molar-refractivity contribution in [2.75, 3.05) is 13.2 Å². The maximum Gasteiger partial charge on any atom is 0.326 e. The fourth-order valence-corrected chi connectivity index (χ4v) is 4.34. The summed E-state index contributed by atoms with van der Waals surface area (Å²) in [6.07, 6.45) is 1.78. The van der Waals surface area contributed by atoms with Crippen molar-refractivity contribution in [1.29, 1.82) is 0 Å². The first-order chi connectivity index (χ1) is 14.4. The number of ether oxygens (including phenoxy) is 2. The van der Waals surface area contributed by atoms with E-state index >= 15 is 0 Å². The number of hydrogen-bond acceptors (Lipinski definition) is 3. The maximum absolute atomic E-state index is 11.2. The minimum Gasteiger partial charge on any atom is -0.490 e. The summed E-state index contributed by atoms with van der Waals surface area (Å²) in [4.78, 5) is 11.2. The number of fused-ring (bicyclic) bond motifs is 2. The summed E-state index contributed by atoms with van der Waals surface area (Å²) in [5, 5.41) is 12.4. The SMILES string of the molecule is C[C@@H](C(=O)O)n1ccc2cc(OCCOc3ccc4cc(Br)ccc4c3Br)ccc21. The highest BCUT2D eigenvalue weighted by Crippen LogP contribution is 2.34. The first-order valence-electron chi connectivity index (χ1n) is 9.41. The van der Waals surface area contributed by atoms with Crippen molar-refractivity contribution in [3.63, 3.8) is 0 Å². The van der Waals surface area contributed by atoms with Gasteiger partial charge in [-0.05, 0) is 76.1 Å². The number of aromatic nitrogens is 1. The second-order valence-electron chi connectivity index (χ2n) is 6.90. The third-order valence-corrected chi connectivity index (χ3v) is 6.27. The first kappa shape index (κ1) is 20.8. The van der Waals surface area contributed by atoms with E-state index in [-0.39, 0.29) is 0 Å². The van der Waals surface area contributed by atoms with Gasteiger partial charge in [-0.25, -0.2) is 4.79 Å². The fraction of sp³-hybridized carbons (Fsp3) is 0.174. The zero-order valence-electron chi connectivity index (χ0n) is 16.1. The highest BCUT2D eigenvalue weighted by atomic mass is 79.9. The molecule has 0 saturated heterocycles. The van der Waals surface area contributed by atoms with Gasteiger partial charge in [-0.1, -0.05) is 28.1 Å². The summed E-state index contributed by atoms with van der Waals surface area (Å²) >= 11 is 7.12. The molecule has 0 aliphatic rings. The molecular weight excluding hydrogens is 514 g/mol. The predicted molar refractivity (Wildman–Crippen MR) is 125 cm³/mol. The number of carbonyl (C=O) groups is 1. The predicted octanol–water partition coefficient (Wildman–Crippen LogP) is 6.42. The first-order valence-corrected chi connectivity index (χ1v) is 11.0. The van der Waals surface area contributed by atoms with Crippen LogP contribution in [-0.2, 0) is 4.79 Å². The molecular formula is C23H19Br2NO4. The van der Waals surface area contributed by atoms with Crippen LogP contribution < -0.4 is 9.47 Å². The summed E-state index contributed by atoms with van der Waals surface area (Å²) < 4.78 is 15.4. The third-order valence-electron chi connectivity index (χ3n) is 4.96. The Kier molecular flexibility index (Phi) is 6.01. The molecule has 4 aromatic rings. The van der Waals surface area contributed by atoms with Gasteiger partial charge < -0.3 is 19.1 Å². The van der Waals surface area contributed by atoms with Gasteiger partial charge in [-0.2, -0.15) is 0 Å². The third kappa shape index (κ3) is 4.18. The summed E-state index contributed by atoms with van der Waals surface area (Å²) in [5.74, 6) is 0.621. The molecule has 0 aliphatic carbocycles. The Morgan fingerprint density at radius 2 is 1.80 bits per heavy atom. The van der Waals surface area contributed by atoms with Gasteiger partial charge in [0.05, 0.1) is 4.47 Å². The van der Waals surface area contributed by atoms with Crippen LogP contribution in [0, 0.1) is 0 Å². The van der Waals surface area contributed by atoms with Crippen molar-refractivity contribution >= 4 is 59.5 Å². The smallest absolute Gasteiger partial charge is 0.326 e. The van der Waals surface area contributed by atoms with Crippen molar-refractivity contribution in [2.45, 2.75) is 13.0 Å². The average Bonchev–Trinajstić information content (AvgIpc) is 3.15. The number of hydrogen-bond donors (Lipinski definition) is 1. The van der Waals surface area contributed by atoms with Crippen LogP contribution in [0.1, 0.15) is 13.0 Å². The van der Waals surface area contributed by atoms with Crippen LogP contribution in [0.25, 0.3) is 21.7 Å². The number of halogens is 2. The fourth-order valence-electron chi connectivity index (χ4n) is 3.35. The molecule has 3 aromatic carbocycles. The Morgan fingerprint density at radius 1 is 1.00 bits per heavy atom. The molecule has 0 unspecified atom stereocenters. The normalized spacial score (nSPS) is 12.2. The number of benzene rings is 3. The lowest BCUT2D eigenvalue weighted by Gasteiger charge is -2.12. The van der Waals surface area contributed by atoms with Crippen molar-refractivity contribution in [1.82, 2.24) is 4.57 Å². The van der Waals surface area contributed by atoms with E-state index in [1.165, 1.54) is 0 Å². The van der Waals surface area contributed by atoms with Crippen LogP contribution in [-0.4, -0.2) is 28.9 Å². The molecule has 0 radical (unpaired) electrons. The zero-order valence-corrected chi connectivity index (χ0v) is 19.3. The molecule has 0 saturated carbocycles. The minimum atomic E-state index is -0.863. The van der Waals surface area contributed by atoms with E-state index in [1.807, 2.05) is 48.5 Å². The topological polar surface area (TPSA) is 60.7 Å². The van der Waals surface area contributed by atoms with Crippen LogP contribution in [0.3, 0.4) is 0 Å². The highest BCUT2D eigenvalue weighted by Gasteiger charge is 2.15. The Hall–Kier alpha value is -2.51. The summed E-state index contributed by atoms with van der Waals surface area (Å²) in [7, 11) is 0. The number of rotatable bonds is 7. The molecule has 1 atom stereocenters. The number of carboxylic acid groups (broad SMARTS) is 1. The number of carboxylic acids is 1. The summed E-state index contributed by atoms with van der Waals surface area (Å²) in [5.41, 5.74) is 0.861. The molecule has 1 heterocycles. The lowest BCUT2D eigenvalue weighted by atomic mass is 10.1. The second-order valence-corrected chi connectivity index (χ2v) is 8.61. The molecule has 1 N–H and O–H groups in total. The molecule has 0 spiro atoms. The van der Waals surface area contributed by atoms with Gasteiger partial charge in [0.2, 0.25) is 0 Å². The van der Waals surface area contributed by atoms with E-state index in [0.29, 0.717) is 19.0 Å². The lowest BCUT2D eigenvalue weighted by Crippen LogP contribution is -2.14. The van der Waals surface area contributed by atoms with Crippen molar-refractivity contribution in [3.05, 3.63) is 69.7 Å². The van der Waals surface area contributed by atoms with Crippen molar-refractivity contribution in [2.24, 2.45) is 0 Å². The zero-order chi connectivity index (χ0) is 21.3. The molecule has 0 bridgehead atoms. The molecule has 30 heavy (non-hydrogen) atoms. The Bertz CT molecular complexity index is 1230. The second kappa shape index (κ2) is 8.70. The molecule has 5 nitrogen and oxygen atoms in total. The van der Waals surface area contributed by atoms with Crippen molar-refractivity contribution in [3.8, 4) is 11.5 Å². The van der Waals surface area contributed by atoms with E-state index in [2.05, 4.69) is 37.9 Å². The van der Waals surface area contributed by atoms with E-state index in [4.69, 9.17) is 9.47 Å². The van der Waals surface area contributed by atoms with Gasteiger partial charge in [-0.3, -0.25) is 0 Å². The Morgan fingerprint density at radius 3 is 2.60 bits per heavy atom. The molecule has 4 rings (SSSR count). The standard InChI is InChI=1S/C23H19Br2NO4/c1-14(23(27)28)26-9-8-16-13-18(4-6-20(16)26)29-10-11-30-21-7-2-15-12-17(24)3-5-19(15)22(21)25/h2-9,12-14H,10-11H2,1H3,(H,27,28)/t14-/m0/s1. The van der Waals surface area contributed by atoms with Crippen LogP contribution in [0.4, 0.5) is 0 Å². The van der Waals surface area contributed by atoms with Gasteiger partial charge in [0.15, 0.2) is 0 Å². The van der Waals surface area contributed by atoms with E-state index < -0.39 is 12.0 Å². The van der Waals surface area contributed by atoms with Gasteiger partial charge in [0.1, 0.15) is 30.8 Å². The average molecular weight is 533 g/mol. The molecule has 0 aliphatic heterocycles. The summed E-state index contributed by atoms with van der Waals surface area (Å²) in [6.45, 7) is 2.45. The van der Waals surface area contributed by atoms with Crippen LogP contribution in [0.2, 0.25) is 0 Å². The van der Waals surface area contributed by atoms with Gasteiger partial charge in [0, 0.05) is 21.6 Å². The number of aliphatic carboxylic acids is 1. The van der Waals surface area contributed by atoms with Gasteiger partial charge >= 0.3 is 5.97 Å². The van der Waals surface area contributed by atoms with Gasteiger partial charge in [-0.15, -0.1) is 0 Å². The summed E-state index contributed by atoms with van der Waals surface area (Å²) in [6, 6.07) is 17.0. The minimum absolute atomic E-state index is 0.391. The van der Waals surface area contributed by atoms with E-state index in [0.717, 1.165) is 36.4 Å². The number of nitrogens with zero attached hydrogens (tertiary/aromatic N) is 1. The Balaban J connectivity index is 1.39. The van der Waals surface area contributed by atoms with Gasteiger partial charge in [0.25, 0.3) is 0 Å². The monoisotopic (exact) mass is 531 g/mol. The maximum atomic E-state index is 11.2. The van der Waals surface area contributed by atoms with Crippen molar-refractivity contribution < 1.29 is 19.4 Å². The molecule has 0 fully saturated rings. The molecule has 7 heteroatoms.